The predicted molar refractivity (Wildman–Crippen MR) is 50.8 cm³/mol. The molecular weight excluding hydrogens is 204 g/mol. The van der Waals surface area contributed by atoms with Crippen molar-refractivity contribution in [2.45, 2.75) is 6.92 Å². The quantitative estimate of drug-likeness (QED) is 0.565. The average Bonchev–Trinajstić information content (AvgIpc) is 2.50. The fourth-order valence-electron chi connectivity index (χ4n) is 0.766. The standard InChI is InChI=1S/C9H9O4S/c1-6-8(3-4-14-6)9(11)13-5-12-7(2)10/h3-4H,1,5H2,2H3. The van der Waals surface area contributed by atoms with Crippen LogP contribution in [-0.4, -0.2) is 18.7 Å². The lowest BCUT2D eigenvalue weighted by Crippen LogP contribution is -2.10. The highest BCUT2D eigenvalue weighted by Crippen LogP contribution is 2.15. The van der Waals surface area contributed by atoms with Gasteiger partial charge >= 0.3 is 11.9 Å². The third kappa shape index (κ3) is 2.85. The Morgan fingerprint density at radius 1 is 1.50 bits per heavy atom. The van der Waals surface area contributed by atoms with Crippen LogP contribution in [0.5, 0.6) is 0 Å². The van der Waals surface area contributed by atoms with Gasteiger partial charge in [-0.1, -0.05) is 0 Å². The Hall–Kier alpha value is -1.36. The van der Waals surface area contributed by atoms with E-state index >= 15 is 0 Å². The van der Waals surface area contributed by atoms with Crippen molar-refractivity contribution >= 4 is 23.3 Å². The minimum Gasteiger partial charge on any atom is -0.428 e. The number of esters is 2. The molecule has 0 aliphatic carbocycles. The van der Waals surface area contributed by atoms with Crippen molar-refractivity contribution in [2.24, 2.45) is 0 Å². The van der Waals surface area contributed by atoms with E-state index in [1.165, 1.54) is 18.3 Å². The molecule has 0 unspecified atom stereocenters. The molecular formula is C9H9O4S. The molecule has 1 heterocycles. The predicted octanol–water partition coefficient (Wildman–Crippen LogP) is 1.61. The fraction of sp³-hybridized carbons (Fsp3) is 0.222. The molecule has 0 amide bonds. The molecule has 14 heavy (non-hydrogen) atoms. The summed E-state index contributed by atoms with van der Waals surface area (Å²) in [5, 5.41) is 1.74. The van der Waals surface area contributed by atoms with Crippen LogP contribution in [0.1, 0.15) is 22.2 Å². The van der Waals surface area contributed by atoms with Gasteiger partial charge in [0.05, 0.1) is 5.56 Å². The third-order valence-electron chi connectivity index (χ3n) is 1.42. The van der Waals surface area contributed by atoms with Crippen LogP contribution in [0, 0.1) is 6.92 Å². The van der Waals surface area contributed by atoms with Crippen molar-refractivity contribution in [2.75, 3.05) is 6.79 Å². The van der Waals surface area contributed by atoms with Crippen LogP contribution in [0.3, 0.4) is 0 Å². The summed E-state index contributed by atoms with van der Waals surface area (Å²) in [4.78, 5) is 22.3. The van der Waals surface area contributed by atoms with E-state index < -0.39 is 11.9 Å². The molecule has 0 aromatic carbocycles. The van der Waals surface area contributed by atoms with E-state index in [0.717, 1.165) is 0 Å². The third-order valence-corrected chi connectivity index (χ3v) is 2.19. The van der Waals surface area contributed by atoms with Crippen molar-refractivity contribution in [1.29, 1.82) is 0 Å². The molecule has 4 nitrogen and oxygen atoms in total. The number of hydrogen-bond acceptors (Lipinski definition) is 5. The monoisotopic (exact) mass is 213 g/mol. The van der Waals surface area contributed by atoms with Gasteiger partial charge in [0.25, 0.3) is 0 Å². The summed E-state index contributed by atoms with van der Waals surface area (Å²) < 4.78 is 9.11. The van der Waals surface area contributed by atoms with E-state index in [1.807, 2.05) is 0 Å². The lowest BCUT2D eigenvalue weighted by atomic mass is 10.3. The van der Waals surface area contributed by atoms with Crippen LogP contribution in [0.15, 0.2) is 11.4 Å². The van der Waals surface area contributed by atoms with E-state index in [-0.39, 0.29) is 6.79 Å². The zero-order valence-electron chi connectivity index (χ0n) is 7.61. The topological polar surface area (TPSA) is 52.6 Å². The van der Waals surface area contributed by atoms with Crippen molar-refractivity contribution in [3.63, 3.8) is 0 Å². The van der Waals surface area contributed by atoms with Crippen LogP contribution in [0.4, 0.5) is 0 Å². The van der Waals surface area contributed by atoms with Gasteiger partial charge in [0, 0.05) is 11.8 Å². The summed E-state index contributed by atoms with van der Waals surface area (Å²) in [6, 6.07) is 1.61. The maximum absolute atomic E-state index is 11.3. The van der Waals surface area contributed by atoms with E-state index in [1.54, 1.807) is 11.4 Å². The smallest absolute Gasteiger partial charge is 0.342 e. The van der Waals surface area contributed by atoms with Crippen molar-refractivity contribution in [1.82, 2.24) is 0 Å². The normalized spacial score (nSPS) is 9.57. The number of carbonyl (C=O) groups is 2. The summed E-state index contributed by atoms with van der Waals surface area (Å²) in [5.41, 5.74) is 0.405. The van der Waals surface area contributed by atoms with Gasteiger partial charge in [0.1, 0.15) is 0 Å². The van der Waals surface area contributed by atoms with Crippen LogP contribution in [0.25, 0.3) is 0 Å². The molecule has 0 fully saturated rings. The highest BCUT2D eigenvalue weighted by atomic mass is 32.1. The second-order valence-corrected chi connectivity index (χ2v) is 3.44. The van der Waals surface area contributed by atoms with E-state index in [4.69, 9.17) is 0 Å². The molecule has 0 spiro atoms. The summed E-state index contributed by atoms with van der Waals surface area (Å²) in [5.74, 6) is -1.02. The minimum absolute atomic E-state index is 0.358. The molecule has 75 valence electrons. The first kappa shape index (κ1) is 10.7. The molecule has 0 aliphatic heterocycles. The lowest BCUT2D eigenvalue weighted by molar-refractivity contribution is -0.149. The molecule has 1 radical (unpaired) electrons. The highest BCUT2D eigenvalue weighted by molar-refractivity contribution is 7.10. The molecule has 1 aromatic rings. The Labute approximate surface area is 85.4 Å². The molecule has 0 atom stereocenters. The maximum atomic E-state index is 11.3. The fourth-order valence-corrected chi connectivity index (χ4v) is 1.41. The van der Waals surface area contributed by atoms with Crippen LogP contribution in [0.2, 0.25) is 0 Å². The second kappa shape index (κ2) is 4.76. The van der Waals surface area contributed by atoms with Crippen LogP contribution in [-0.2, 0) is 14.3 Å². The number of carbonyl (C=O) groups excluding carboxylic acids is 2. The Morgan fingerprint density at radius 2 is 2.21 bits per heavy atom. The minimum atomic E-state index is -0.530. The SMILES string of the molecule is [CH2]c1sccc1C(=O)OCOC(C)=O. The van der Waals surface area contributed by atoms with Gasteiger partial charge in [-0.2, -0.15) is 0 Å². The Bertz CT molecular complexity index is 342. The molecule has 0 saturated heterocycles. The molecule has 0 N–H and O–H groups in total. The molecule has 5 heteroatoms. The average molecular weight is 213 g/mol. The summed E-state index contributed by atoms with van der Waals surface area (Å²) in [6.07, 6.45) is 0. The van der Waals surface area contributed by atoms with E-state index in [2.05, 4.69) is 16.4 Å². The van der Waals surface area contributed by atoms with E-state index in [9.17, 15) is 9.59 Å². The lowest BCUT2D eigenvalue weighted by Gasteiger charge is -2.03. The van der Waals surface area contributed by atoms with Crippen molar-refractivity contribution in [3.8, 4) is 0 Å². The molecule has 0 bridgehead atoms. The Morgan fingerprint density at radius 3 is 2.71 bits per heavy atom. The van der Waals surface area contributed by atoms with Crippen LogP contribution < -0.4 is 0 Å². The molecule has 0 aliphatic rings. The first-order valence-electron chi connectivity index (χ1n) is 3.81. The van der Waals surface area contributed by atoms with Gasteiger partial charge in [-0.15, -0.1) is 11.3 Å². The number of rotatable bonds is 3. The van der Waals surface area contributed by atoms with Gasteiger partial charge in [-0.05, 0) is 18.4 Å². The number of ether oxygens (including phenoxy) is 2. The Kier molecular flexibility index (Phi) is 3.64. The summed E-state index contributed by atoms with van der Waals surface area (Å²) >= 11 is 1.35. The summed E-state index contributed by atoms with van der Waals surface area (Å²) in [6.45, 7) is 4.54. The van der Waals surface area contributed by atoms with Crippen molar-refractivity contribution < 1.29 is 19.1 Å². The molecule has 1 rings (SSSR count). The highest BCUT2D eigenvalue weighted by Gasteiger charge is 2.11. The first-order chi connectivity index (χ1) is 6.61. The maximum Gasteiger partial charge on any atom is 0.342 e. The zero-order valence-corrected chi connectivity index (χ0v) is 8.43. The first-order valence-corrected chi connectivity index (χ1v) is 4.69. The largest absolute Gasteiger partial charge is 0.428 e. The number of hydrogen-bond donors (Lipinski definition) is 0. The van der Waals surface area contributed by atoms with Gasteiger partial charge in [-0.25, -0.2) is 4.79 Å². The second-order valence-electron chi connectivity index (χ2n) is 2.44. The van der Waals surface area contributed by atoms with Crippen molar-refractivity contribution in [3.05, 3.63) is 28.8 Å². The summed E-state index contributed by atoms with van der Waals surface area (Å²) in [7, 11) is 0. The van der Waals surface area contributed by atoms with Gasteiger partial charge in [0.15, 0.2) is 0 Å². The van der Waals surface area contributed by atoms with Crippen LogP contribution >= 0.6 is 11.3 Å². The molecule has 1 aromatic heterocycles. The van der Waals surface area contributed by atoms with Gasteiger partial charge in [0.2, 0.25) is 6.79 Å². The number of thiophene rings is 1. The molecule has 0 saturated carbocycles. The van der Waals surface area contributed by atoms with Gasteiger partial charge < -0.3 is 9.47 Å². The van der Waals surface area contributed by atoms with E-state index in [0.29, 0.717) is 10.4 Å². The Balaban J connectivity index is 2.44. The van der Waals surface area contributed by atoms with Gasteiger partial charge in [-0.3, -0.25) is 4.79 Å². The zero-order chi connectivity index (χ0) is 10.6.